The molecular formula is C11H17NOS. The average Bonchev–Trinajstić information content (AvgIpc) is 2.71. The van der Waals surface area contributed by atoms with Crippen molar-refractivity contribution in [3.05, 3.63) is 22.4 Å². The molecule has 3 heteroatoms. The summed E-state index contributed by atoms with van der Waals surface area (Å²) in [6.45, 7) is 0.973. The molecule has 1 N–H and O–H groups in total. The summed E-state index contributed by atoms with van der Waals surface area (Å²) >= 11 is 1.75. The van der Waals surface area contributed by atoms with Crippen molar-refractivity contribution in [3.63, 3.8) is 0 Å². The van der Waals surface area contributed by atoms with E-state index in [1.165, 1.54) is 24.8 Å². The van der Waals surface area contributed by atoms with Crippen molar-refractivity contribution in [1.29, 1.82) is 0 Å². The van der Waals surface area contributed by atoms with Crippen LogP contribution >= 0.6 is 11.3 Å². The molecule has 1 saturated heterocycles. The molecule has 1 aliphatic heterocycles. The molecule has 0 aliphatic carbocycles. The second kappa shape index (κ2) is 4.91. The quantitative estimate of drug-likeness (QED) is 0.829. The van der Waals surface area contributed by atoms with Gasteiger partial charge in [-0.2, -0.15) is 11.3 Å². The van der Waals surface area contributed by atoms with Gasteiger partial charge in [0.05, 0.1) is 12.2 Å². The van der Waals surface area contributed by atoms with Gasteiger partial charge in [0.25, 0.3) is 0 Å². The molecule has 2 nitrogen and oxygen atoms in total. The van der Waals surface area contributed by atoms with E-state index in [0.717, 1.165) is 6.54 Å². The van der Waals surface area contributed by atoms with Gasteiger partial charge in [-0.25, -0.2) is 0 Å². The molecule has 0 aromatic carbocycles. The Morgan fingerprint density at radius 3 is 3.21 bits per heavy atom. The number of thiophene rings is 1. The Morgan fingerprint density at radius 2 is 2.50 bits per heavy atom. The highest BCUT2D eigenvalue weighted by molar-refractivity contribution is 7.07. The summed E-state index contributed by atoms with van der Waals surface area (Å²) in [5.41, 5.74) is 1.36. The minimum atomic E-state index is 0.341. The minimum Gasteiger partial charge on any atom is -0.369 e. The van der Waals surface area contributed by atoms with Crippen LogP contribution in [-0.4, -0.2) is 19.7 Å². The summed E-state index contributed by atoms with van der Waals surface area (Å²) in [7, 11) is 1.98. The third-order valence-electron chi connectivity index (χ3n) is 2.70. The fourth-order valence-electron chi connectivity index (χ4n) is 1.98. The van der Waals surface area contributed by atoms with E-state index in [1.807, 2.05) is 7.05 Å². The molecule has 0 bridgehead atoms. The first-order valence-electron chi connectivity index (χ1n) is 5.22. The van der Waals surface area contributed by atoms with Crippen LogP contribution in [0.1, 0.15) is 30.9 Å². The standard InChI is InChI=1S/C11H17NOS/c1-12-7-10-3-2-4-11(13-10)9-5-6-14-8-9/h5-6,8,10-12H,2-4,7H2,1H3. The van der Waals surface area contributed by atoms with Gasteiger partial charge < -0.3 is 10.1 Å². The predicted molar refractivity (Wildman–Crippen MR) is 59.7 cm³/mol. The lowest BCUT2D eigenvalue weighted by molar-refractivity contribution is -0.0489. The summed E-state index contributed by atoms with van der Waals surface area (Å²) in [6, 6.07) is 2.18. The van der Waals surface area contributed by atoms with E-state index < -0.39 is 0 Å². The van der Waals surface area contributed by atoms with Crippen molar-refractivity contribution in [2.24, 2.45) is 0 Å². The van der Waals surface area contributed by atoms with E-state index in [1.54, 1.807) is 11.3 Å². The third kappa shape index (κ3) is 2.35. The normalized spacial score (nSPS) is 27.8. The monoisotopic (exact) mass is 211 g/mol. The van der Waals surface area contributed by atoms with Crippen LogP contribution in [0, 0.1) is 0 Å². The fourth-order valence-corrected chi connectivity index (χ4v) is 2.68. The summed E-state index contributed by atoms with van der Waals surface area (Å²) < 4.78 is 6.02. The Balaban J connectivity index is 1.94. The molecule has 0 amide bonds. The first-order chi connectivity index (χ1) is 6.90. The van der Waals surface area contributed by atoms with Crippen molar-refractivity contribution >= 4 is 11.3 Å². The van der Waals surface area contributed by atoms with Gasteiger partial charge in [-0.15, -0.1) is 0 Å². The van der Waals surface area contributed by atoms with Crippen molar-refractivity contribution in [2.45, 2.75) is 31.5 Å². The lowest BCUT2D eigenvalue weighted by Crippen LogP contribution is -2.31. The highest BCUT2D eigenvalue weighted by atomic mass is 32.1. The molecule has 0 radical (unpaired) electrons. The Kier molecular flexibility index (Phi) is 3.56. The number of ether oxygens (including phenoxy) is 1. The highest BCUT2D eigenvalue weighted by Gasteiger charge is 2.23. The Labute approximate surface area is 89.3 Å². The topological polar surface area (TPSA) is 21.3 Å². The van der Waals surface area contributed by atoms with Gasteiger partial charge in [0.2, 0.25) is 0 Å². The zero-order chi connectivity index (χ0) is 9.80. The van der Waals surface area contributed by atoms with Gasteiger partial charge in [0.15, 0.2) is 0 Å². The Hall–Kier alpha value is -0.380. The molecular weight excluding hydrogens is 194 g/mol. The third-order valence-corrected chi connectivity index (χ3v) is 3.40. The van der Waals surface area contributed by atoms with Crippen molar-refractivity contribution < 1.29 is 4.74 Å². The zero-order valence-corrected chi connectivity index (χ0v) is 9.35. The first kappa shape index (κ1) is 10.1. The second-order valence-electron chi connectivity index (χ2n) is 3.79. The predicted octanol–water partition coefficient (Wildman–Crippen LogP) is 2.58. The van der Waals surface area contributed by atoms with Gasteiger partial charge in [0.1, 0.15) is 0 Å². The number of likely N-dealkylation sites (N-methyl/N-ethyl adjacent to an activating group) is 1. The van der Waals surface area contributed by atoms with Crippen LogP contribution in [0.15, 0.2) is 16.8 Å². The lowest BCUT2D eigenvalue weighted by atomic mass is 10.0. The maximum atomic E-state index is 6.02. The summed E-state index contributed by atoms with van der Waals surface area (Å²) in [5.74, 6) is 0. The maximum absolute atomic E-state index is 6.02. The van der Waals surface area contributed by atoms with Crippen LogP contribution in [0.4, 0.5) is 0 Å². The molecule has 1 aromatic heterocycles. The van der Waals surface area contributed by atoms with Crippen molar-refractivity contribution in [3.8, 4) is 0 Å². The molecule has 14 heavy (non-hydrogen) atoms. The smallest absolute Gasteiger partial charge is 0.0837 e. The molecule has 2 unspecified atom stereocenters. The largest absolute Gasteiger partial charge is 0.369 e. The molecule has 0 spiro atoms. The van der Waals surface area contributed by atoms with E-state index in [0.29, 0.717) is 12.2 Å². The minimum absolute atomic E-state index is 0.341. The number of hydrogen-bond donors (Lipinski definition) is 1. The Morgan fingerprint density at radius 1 is 1.57 bits per heavy atom. The van der Waals surface area contributed by atoms with Gasteiger partial charge in [-0.05, 0) is 48.7 Å². The van der Waals surface area contributed by atoms with E-state index in [9.17, 15) is 0 Å². The number of rotatable bonds is 3. The molecule has 1 fully saturated rings. The van der Waals surface area contributed by atoms with E-state index in [2.05, 4.69) is 22.1 Å². The second-order valence-corrected chi connectivity index (χ2v) is 4.57. The van der Waals surface area contributed by atoms with E-state index in [4.69, 9.17) is 4.74 Å². The summed E-state index contributed by atoms with van der Waals surface area (Å²) in [5, 5.41) is 7.51. The highest BCUT2D eigenvalue weighted by Crippen LogP contribution is 2.31. The summed E-state index contributed by atoms with van der Waals surface area (Å²) in [4.78, 5) is 0. The molecule has 0 saturated carbocycles. The zero-order valence-electron chi connectivity index (χ0n) is 8.53. The van der Waals surface area contributed by atoms with Crippen LogP contribution in [-0.2, 0) is 4.74 Å². The van der Waals surface area contributed by atoms with E-state index in [-0.39, 0.29) is 0 Å². The number of hydrogen-bond acceptors (Lipinski definition) is 3. The first-order valence-corrected chi connectivity index (χ1v) is 6.16. The maximum Gasteiger partial charge on any atom is 0.0837 e. The van der Waals surface area contributed by atoms with Crippen molar-refractivity contribution in [2.75, 3.05) is 13.6 Å². The lowest BCUT2D eigenvalue weighted by Gasteiger charge is -2.29. The van der Waals surface area contributed by atoms with Gasteiger partial charge in [-0.3, -0.25) is 0 Å². The van der Waals surface area contributed by atoms with Crippen LogP contribution in [0.5, 0.6) is 0 Å². The molecule has 2 heterocycles. The van der Waals surface area contributed by atoms with Crippen LogP contribution in [0.3, 0.4) is 0 Å². The number of nitrogens with one attached hydrogen (secondary N) is 1. The molecule has 78 valence electrons. The van der Waals surface area contributed by atoms with E-state index >= 15 is 0 Å². The molecule has 2 rings (SSSR count). The average molecular weight is 211 g/mol. The van der Waals surface area contributed by atoms with Crippen LogP contribution in [0.25, 0.3) is 0 Å². The molecule has 2 atom stereocenters. The SMILES string of the molecule is CNCC1CCCC(c2ccsc2)O1. The van der Waals surface area contributed by atoms with Crippen molar-refractivity contribution in [1.82, 2.24) is 5.32 Å². The van der Waals surface area contributed by atoms with Crippen LogP contribution < -0.4 is 5.32 Å². The van der Waals surface area contributed by atoms with Gasteiger partial charge in [-0.1, -0.05) is 0 Å². The fraction of sp³-hybridized carbons (Fsp3) is 0.636. The Bertz CT molecular complexity index is 258. The molecule has 1 aliphatic rings. The van der Waals surface area contributed by atoms with Gasteiger partial charge >= 0.3 is 0 Å². The van der Waals surface area contributed by atoms with Gasteiger partial charge in [0, 0.05) is 6.54 Å². The summed E-state index contributed by atoms with van der Waals surface area (Å²) in [6.07, 6.45) is 4.40. The van der Waals surface area contributed by atoms with Crippen LogP contribution in [0.2, 0.25) is 0 Å². The molecule has 1 aromatic rings.